The van der Waals surface area contributed by atoms with Crippen LogP contribution in [0.15, 0.2) is 41.1 Å². The summed E-state index contributed by atoms with van der Waals surface area (Å²) in [5, 5.41) is 0. The zero-order chi connectivity index (χ0) is 14.1. The number of nitrogens with zero attached hydrogens (tertiary/aromatic N) is 2. The summed E-state index contributed by atoms with van der Waals surface area (Å²) in [6.07, 6.45) is 4.07. The van der Waals surface area contributed by atoms with Gasteiger partial charge < -0.3 is 10.6 Å². The third kappa shape index (κ3) is 2.41. The van der Waals surface area contributed by atoms with Gasteiger partial charge in [0.05, 0.1) is 5.56 Å². The van der Waals surface area contributed by atoms with E-state index in [9.17, 15) is 4.79 Å². The number of anilines is 1. The summed E-state index contributed by atoms with van der Waals surface area (Å²) in [4.78, 5) is 18.4. The summed E-state index contributed by atoms with van der Waals surface area (Å²) in [5.41, 5.74) is 9.70. The van der Waals surface area contributed by atoms with Gasteiger partial charge >= 0.3 is 0 Å². The van der Waals surface area contributed by atoms with Gasteiger partial charge in [-0.3, -0.25) is 9.78 Å². The van der Waals surface area contributed by atoms with E-state index < -0.39 is 0 Å². The second-order valence-electron chi connectivity index (χ2n) is 4.85. The molecular weight excluding hydrogens is 318 g/mol. The zero-order valence-electron chi connectivity index (χ0n) is 10.8. The predicted octanol–water partition coefficient (Wildman–Crippen LogP) is 2.62. The fourth-order valence-corrected chi connectivity index (χ4v) is 2.89. The van der Waals surface area contributed by atoms with Gasteiger partial charge in [0.2, 0.25) is 0 Å². The number of hydrogen-bond acceptors (Lipinski definition) is 3. The van der Waals surface area contributed by atoms with E-state index in [1.807, 2.05) is 23.1 Å². The number of rotatable bonds is 1. The van der Waals surface area contributed by atoms with E-state index in [4.69, 9.17) is 5.73 Å². The molecule has 2 heterocycles. The first-order valence-electron chi connectivity index (χ1n) is 6.41. The molecule has 0 fully saturated rings. The first-order valence-corrected chi connectivity index (χ1v) is 7.20. The average molecular weight is 332 g/mol. The molecule has 102 valence electrons. The Morgan fingerprint density at radius 1 is 1.35 bits per heavy atom. The van der Waals surface area contributed by atoms with Crippen molar-refractivity contribution in [2.75, 3.05) is 12.3 Å². The second kappa shape index (κ2) is 5.25. The van der Waals surface area contributed by atoms with Crippen LogP contribution < -0.4 is 5.73 Å². The fourth-order valence-electron chi connectivity index (χ4n) is 2.52. The molecule has 4 nitrogen and oxygen atoms in total. The number of carbonyl (C=O) groups excluding carboxylic acids is 1. The highest BCUT2D eigenvalue weighted by atomic mass is 79.9. The number of fused-ring (bicyclic) bond motifs is 1. The maximum Gasteiger partial charge on any atom is 0.255 e. The molecule has 0 unspecified atom stereocenters. The number of benzene rings is 1. The number of pyridine rings is 1. The second-order valence-corrected chi connectivity index (χ2v) is 5.77. The van der Waals surface area contributed by atoms with Crippen molar-refractivity contribution in [3.8, 4) is 0 Å². The van der Waals surface area contributed by atoms with E-state index in [1.165, 1.54) is 5.56 Å². The Bertz CT molecular complexity index is 672. The lowest BCUT2D eigenvalue weighted by molar-refractivity contribution is 0.0734. The van der Waals surface area contributed by atoms with Crippen LogP contribution in [-0.2, 0) is 13.0 Å². The van der Waals surface area contributed by atoms with Crippen molar-refractivity contribution in [2.45, 2.75) is 13.0 Å². The highest BCUT2D eigenvalue weighted by Crippen LogP contribution is 2.25. The maximum atomic E-state index is 12.5. The molecule has 1 amide bonds. The lowest BCUT2D eigenvalue weighted by Crippen LogP contribution is -2.36. The molecule has 2 aromatic rings. The molecule has 0 radical (unpaired) electrons. The number of nitrogens with two attached hydrogens (primary N) is 1. The molecule has 0 saturated heterocycles. The van der Waals surface area contributed by atoms with Gasteiger partial charge in [0.1, 0.15) is 0 Å². The number of halogens is 1. The van der Waals surface area contributed by atoms with Crippen molar-refractivity contribution in [1.82, 2.24) is 9.88 Å². The van der Waals surface area contributed by atoms with Gasteiger partial charge in [0.25, 0.3) is 5.91 Å². The monoisotopic (exact) mass is 331 g/mol. The normalized spacial score (nSPS) is 13.9. The zero-order valence-corrected chi connectivity index (χ0v) is 12.4. The minimum Gasteiger partial charge on any atom is -0.398 e. The summed E-state index contributed by atoms with van der Waals surface area (Å²) in [5.74, 6) is 0.00637. The molecule has 20 heavy (non-hydrogen) atoms. The third-order valence-electron chi connectivity index (χ3n) is 3.54. The predicted molar refractivity (Wildman–Crippen MR) is 81.2 cm³/mol. The van der Waals surface area contributed by atoms with Crippen molar-refractivity contribution < 1.29 is 4.79 Å². The minimum atomic E-state index is 0.00637. The number of aromatic nitrogens is 1. The minimum absolute atomic E-state index is 0.00637. The molecule has 0 spiro atoms. The van der Waals surface area contributed by atoms with E-state index in [1.54, 1.807) is 18.5 Å². The number of hydrogen-bond donors (Lipinski definition) is 1. The molecule has 0 saturated carbocycles. The van der Waals surface area contributed by atoms with Crippen LogP contribution in [0.3, 0.4) is 0 Å². The van der Waals surface area contributed by atoms with Crippen molar-refractivity contribution >= 4 is 27.5 Å². The van der Waals surface area contributed by atoms with E-state index >= 15 is 0 Å². The smallest absolute Gasteiger partial charge is 0.255 e. The molecular formula is C15H14BrN3O. The lowest BCUT2D eigenvalue weighted by Gasteiger charge is -2.29. The van der Waals surface area contributed by atoms with Gasteiger partial charge in [-0.05, 0) is 45.6 Å². The van der Waals surface area contributed by atoms with Gasteiger partial charge in [0, 0.05) is 35.6 Å². The largest absolute Gasteiger partial charge is 0.398 e. The Morgan fingerprint density at radius 2 is 2.20 bits per heavy atom. The molecule has 1 aromatic heterocycles. The van der Waals surface area contributed by atoms with E-state index in [-0.39, 0.29) is 5.91 Å². The fraction of sp³-hybridized carbons (Fsp3) is 0.200. The average Bonchev–Trinajstić information content (AvgIpc) is 2.46. The lowest BCUT2D eigenvalue weighted by atomic mass is 9.97. The summed E-state index contributed by atoms with van der Waals surface area (Å²) in [6.45, 7) is 1.29. The van der Waals surface area contributed by atoms with Crippen molar-refractivity contribution in [3.63, 3.8) is 0 Å². The van der Waals surface area contributed by atoms with Crippen LogP contribution in [0.5, 0.6) is 0 Å². The Kier molecular flexibility index (Phi) is 3.44. The SMILES string of the molecule is Nc1cccc2c1CCN(C(=O)c1cncc(Br)c1)C2. The Labute approximate surface area is 125 Å². The van der Waals surface area contributed by atoms with E-state index in [2.05, 4.69) is 20.9 Å². The Hall–Kier alpha value is -1.88. The summed E-state index contributed by atoms with van der Waals surface area (Å²) in [6, 6.07) is 7.67. The van der Waals surface area contributed by atoms with Gasteiger partial charge in [-0.1, -0.05) is 12.1 Å². The Morgan fingerprint density at radius 3 is 3.00 bits per heavy atom. The van der Waals surface area contributed by atoms with Gasteiger partial charge in [-0.25, -0.2) is 0 Å². The van der Waals surface area contributed by atoms with E-state index in [0.717, 1.165) is 22.1 Å². The summed E-state index contributed by atoms with van der Waals surface area (Å²) < 4.78 is 0.810. The van der Waals surface area contributed by atoms with Crippen molar-refractivity contribution in [2.24, 2.45) is 0 Å². The molecule has 3 rings (SSSR count). The number of amides is 1. The molecule has 1 aliphatic rings. The van der Waals surface area contributed by atoms with Crippen LogP contribution in [0.25, 0.3) is 0 Å². The molecule has 5 heteroatoms. The summed E-state index contributed by atoms with van der Waals surface area (Å²) >= 11 is 3.34. The first-order chi connectivity index (χ1) is 9.65. The molecule has 2 N–H and O–H groups in total. The highest BCUT2D eigenvalue weighted by molar-refractivity contribution is 9.10. The first kappa shape index (κ1) is 13.1. The number of carbonyl (C=O) groups is 1. The number of nitrogen functional groups attached to an aromatic ring is 1. The standard InChI is InChI=1S/C15H14BrN3O/c16-12-6-11(7-18-8-12)15(20)19-5-4-13-10(9-19)2-1-3-14(13)17/h1-3,6-8H,4-5,9,17H2. The van der Waals surface area contributed by atoms with Crippen molar-refractivity contribution in [3.05, 3.63) is 57.8 Å². The highest BCUT2D eigenvalue weighted by Gasteiger charge is 2.23. The van der Waals surface area contributed by atoms with Crippen LogP contribution in [-0.4, -0.2) is 22.3 Å². The maximum absolute atomic E-state index is 12.5. The van der Waals surface area contributed by atoms with Crippen LogP contribution in [0, 0.1) is 0 Å². The van der Waals surface area contributed by atoms with Gasteiger partial charge in [-0.2, -0.15) is 0 Å². The molecule has 1 aromatic carbocycles. The van der Waals surface area contributed by atoms with Gasteiger partial charge in [-0.15, -0.1) is 0 Å². The molecule has 0 atom stereocenters. The molecule has 0 aliphatic carbocycles. The van der Waals surface area contributed by atoms with E-state index in [0.29, 0.717) is 18.7 Å². The quantitative estimate of drug-likeness (QED) is 0.817. The molecule has 0 bridgehead atoms. The Balaban J connectivity index is 1.85. The molecule has 1 aliphatic heterocycles. The van der Waals surface area contributed by atoms with Crippen molar-refractivity contribution in [1.29, 1.82) is 0 Å². The van der Waals surface area contributed by atoms with Crippen LogP contribution >= 0.6 is 15.9 Å². The third-order valence-corrected chi connectivity index (χ3v) is 3.97. The topological polar surface area (TPSA) is 59.2 Å². The van der Waals surface area contributed by atoms with Gasteiger partial charge in [0.15, 0.2) is 0 Å². The summed E-state index contributed by atoms with van der Waals surface area (Å²) in [7, 11) is 0. The van der Waals surface area contributed by atoms with Crippen LogP contribution in [0.2, 0.25) is 0 Å². The van der Waals surface area contributed by atoms with Crippen LogP contribution in [0.1, 0.15) is 21.5 Å². The van der Waals surface area contributed by atoms with Crippen LogP contribution in [0.4, 0.5) is 5.69 Å².